The quantitative estimate of drug-likeness (QED) is 0.283. The fourth-order valence-electron chi connectivity index (χ4n) is 4.17. The van der Waals surface area contributed by atoms with Gasteiger partial charge < -0.3 is 25.7 Å². The molecular weight excluding hydrogens is 454 g/mol. The summed E-state index contributed by atoms with van der Waals surface area (Å²) in [7, 11) is 1.70. The number of nitrogens with zero attached hydrogens (tertiary/aromatic N) is 1. The first-order valence-corrected chi connectivity index (χ1v) is 11.6. The molecule has 7 nitrogen and oxygen atoms in total. The molecule has 0 aliphatic rings. The minimum absolute atomic E-state index is 0.117. The lowest BCUT2D eigenvalue weighted by atomic mass is 9.94. The number of nitrogens with two attached hydrogens (primary N) is 2. The van der Waals surface area contributed by atoms with Crippen molar-refractivity contribution in [2.75, 3.05) is 7.05 Å². The summed E-state index contributed by atoms with van der Waals surface area (Å²) >= 11 is 0. The first kappa shape index (κ1) is 24.8. The van der Waals surface area contributed by atoms with Gasteiger partial charge in [0, 0.05) is 53.2 Å². The van der Waals surface area contributed by atoms with Crippen molar-refractivity contribution in [3.05, 3.63) is 94.9 Å². The fourth-order valence-corrected chi connectivity index (χ4v) is 4.17. The molecule has 0 fully saturated rings. The number of carbonyl (C=O) groups is 1. The van der Waals surface area contributed by atoms with Gasteiger partial charge in [-0.15, -0.1) is 0 Å². The summed E-state index contributed by atoms with van der Waals surface area (Å²) in [5, 5.41) is 10.1. The number of carboxylic acid groups (broad SMARTS) is 1. The third-order valence-corrected chi connectivity index (χ3v) is 5.92. The molecule has 0 amide bonds. The zero-order chi connectivity index (χ0) is 25.7. The Balaban J connectivity index is 1.82. The third kappa shape index (κ3) is 5.31. The molecule has 0 aliphatic carbocycles. The van der Waals surface area contributed by atoms with Crippen molar-refractivity contribution in [2.24, 2.45) is 16.5 Å². The number of hydrogen-bond donors (Lipinski definition) is 3. The smallest absolute Gasteiger partial charge is 0.307 e. The fraction of sp³-hybridized carbons (Fsp3) is 0.172. The number of aliphatic imine (C=N–C) groups is 1. The summed E-state index contributed by atoms with van der Waals surface area (Å²) in [6, 6.07) is 19.3. The topological polar surface area (TPSA) is 124 Å². The Bertz CT molecular complexity index is 1460. The van der Waals surface area contributed by atoms with Crippen LogP contribution in [0, 0.1) is 0 Å². The Labute approximate surface area is 209 Å². The molecular formula is C29H29N3O4. The predicted octanol–water partition coefficient (Wildman–Crippen LogP) is 5.15. The van der Waals surface area contributed by atoms with E-state index in [9.17, 15) is 9.90 Å². The van der Waals surface area contributed by atoms with Crippen molar-refractivity contribution < 1.29 is 19.1 Å². The van der Waals surface area contributed by atoms with E-state index >= 15 is 0 Å². The highest BCUT2D eigenvalue weighted by Gasteiger charge is 2.17. The number of hydrogen-bond acceptors (Lipinski definition) is 6. The highest BCUT2D eigenvalue weighted by atomic mass is 16.5. The van der Waals surface area contributed by atoms with Crippen molar-refractivity contribution in [3.8, 4) is 16.9 Å². The van der Waals surface area contributed by atoms with Crippen LogP contribution in [-0.2, 0) is 24.4 Å². The van der Waals surface area contributed by atoms with Crippen LogP contribution in [0.2, 0.25) is 0 Å². The first-order chi connectivity index (χ1) is 17.4. The van der Waals surface area contributed by atoms with E-state index < -0.39 is 5.97 Å². The van der Waals surface area contributed by atoms with Crippen LogP contribution in [0.1, 0.15) is 29.2 Å². The largest absolute Gasteiger partial charge is 0.488 e. The van der Waals surface area contributed by atoms with Gasteiger partial charge in [-0.2, -0.15) is 0 Å². The summed E-state index contributed by atoms with van der Waals surface area (Å²) in [5.74, 6) is -0.388. The number of ether oxygens (including phenoxy) is 1. The number of carboxylic acids is 1. The highest BCUT2D eigenvalue weighted by Crippen LogP contribution is 2.35. The molecule has 1 heterocycles. The van der Waals surface area contributed by atoms with Gasteiger partial charge in [0.05, 0.1) is 12.7 Å². The van der Waals surface area contributed by atoms with Gasteiger partial charge >= 0.3 is 5.97 Å². The molecule has 0 saturated heterocycles. The van der Waals surface area contributed by atoms with Gasteiger partial charge in [0.2, 0.25) is 0 Å². The van der Waals surface area contributed by atoms with E-state index in [-0.39, 0.29) is 13.0 Å². The maximum Gasteiger partial charge on any atom is 0.307 e. The van der Waals surface area contributed by atoms with Crippen LogP contribution in [0.5, 0.6) is 5.75 Å². The van der Waals surface area contributed by atoms with E-state index in [1.807, 2.05) is 37.3 Å². The van der Waals surface area contributed by atoms with Crippen LogP contribution >= 0.6 is 0 Å². The first-order valence-electron chi connectivity index (χ1n) is 11.6. The number of para-hydroxylation sites is 1. The molecule has 0 atom stereocenters. The summed E-state index contributed by atoms with van der Waals surface area (Å²) in [4.78, 5) is 15.4. The number of aliphatic carboxylic acids is 1. The summed E-state index contributed by atoms with van der Waals surface area (Å²) in [6.07, 6.45) is 3.28. The minimum Gasteiger partial charge on any atom is -0.488 e. The number of benzene rings is 3. The molecule has 0 spiro atoms. The van der Waals surface area contributed by atoms with E-state index in [0.29, 0.717) is 29.1 Å². The molecule has 184 valence electrons. The molecule has 0 saturated carbocycles. The monoisotopic (exact) mass is 483 g/mol. The Morgan fingerprint density at radius 1 is 1.08 bits per heavy atom. The molecule has 5 N–H and O–H groups in total. The second-order valence-electron chi connectivity index (χ2n) is 8.52. The Morgan fingerprint density at radius 2 is 1.89 bits per heavy atom. The van der Waals surface area contributed by atoms with Crippen LogP contribution in [-0.4, -0.2) is 24.3 Å². The molecule has 1 aromatic heterocycles. The Kier molecular flexibility index (Phi) is 7.51. The number of rotatable bonds is 9. The van der Waals surface area contributed by atoms with Gasteiger partial charge in [0.25, 0.3) is 0 Å². The van der Waals surface area contributed by atoms with Crippen molar-refractivity contribution in [3.63, 3.8) is 0 Å². The number of allylic oxidation sites excluding steroid dienone is 2. The van der Waals surface area contributed by atoms with Gasteiger partial charge in [-0.05, 0) is 47.9 Å². The molecule has 36 heavy (non-hydrogen) atoms. The van der Waals surface area contributed by atoms with Crippen molar-refractivity contribution >= 4 is 28.7 Å². The maximum absolute atomic E-state index is 11.3. The van der Waals surface area contributed by atoms with Gasteiger partial charge in [0.15, 0.2) is 0 Å². The van der Waals surface area contributed by atoms with Gasteiger partial charge in [-0.25, -0.2) is 0 Å². The van der Waals surface area contributed by atoms with E-state index in [0.717, 1.165) is 38.8 Å². The van der Waals surface area contributed by atoms with Gasteiger partial charge in [0.1, 0.15) is 17.9 Å². The molecule has 0 bridgehead atoms. The minimum atomic E-state index is -0.914. The SMILES string of the molecule is CN=C/C(=C(/C)N)c1cc(-c2cccc(CN)c2)cc2c(COc3ccccc3CC(=O)O)coc12. The van der Waals surface area contributed by atoms with Crippen molar-refractivity contribution in [1.82, 2.24) is 0 Å². The predicted molar refractivity (Wildman–Crippen MR) is 143 cm³/mol. The number of fused-ring (bicyclic) bond motifs is 1. The van der Waals surface area contributed by atoms with Gasteiger partial charge in [-0.3, -0.25) is 9.79 Å². The van der Waals surface area contributed by atoms with Crippen molar-refractivity contribution in [2.45, 2.75) is 26.5 Å². The van der Waals surface area contributed by atoms with Gasteiger partial charge in [-0.1, -0.05) is 36.4 Å². The second-order valence-corrected chi connectivity index (χ2v) is 8.52. The summed E-state index contributed by atoms with van der Waals surface area (Å²) in [6.45, 7) is 2.48. The molecule has 4 rings (SSSR count). The zero-order valence-corrected chi connectivity index (χ0v) is 20.3. The van der Waals surface area contributed by atoms with E-state index in [4.69, 9.17) is 20.6 Å². The molecule has 0 unspecified atom stereocenters. The Morgan fingerprint density at radius 3 is 2.61 bits per heavy atom. The van der Waals surface area contributed by atoms with Crippen molar-refractivity contribution in [1.29, 1.82) is 0 Å². The summed E-state index contributed by atoms with van der Waals surface area (Å²) in [5.41, 5.74) is 19.5. The van der Waals surface area contributed by atoms with Crippen LogP contribution in [0.3, 0.4) is 0 Å². The highest BCUT2D eigenvalue weighted by molar-refractivity contribution is 6.15. The van der Waals surface area contributed by atoms with Crippen LogP contribution in [0.15, 0.2) is 82.0 Å². The van der Waals surface area contributed by atoms with E-state index in [1.165, 1.54) is 0 Å². The maximum atomic E-state index is 11.3. The van der Waals surface area contributed by atoms with E-state index in [2.05, 4.69) is 17.1 Å². The molecule has 3 aromatic carbocycles. The normalized spacial score (nSPS) is 12.2. The standard InChI is InChI=1S/C29H29N3O4/c1-18(31)26(15-32-2)25-12-22(20-8-5-6-19(10-20)14-30)11-24-23(17-36-29(24)25)16-35-27-9-4-3-7-21(27)13-28(33)34/h3-12,15,17H,13-14,16,30-31H2,1-2H3,(H,33,34)/b26-18+,32-15?. The molecule has 7 heteroatoms. The Hall–Kier alpha value is -4.36. The zero-order valence-electron chi connectivity index (χ0n) is 20.3. The number of furan rings is 1. The average Bonchev–Trinajstić information content (AvgIpc) is 3.29. The lowest BCUT2D eigenvalue weighted by molar-refractivity contribution is -0.136. The van der Waals surface area contributed by atoms with E-state index in [1.54, 1.807) is 37.7 Å². The average molecular weight is 484 g/mol. The second kappa shape index (κ2) is 10.9. The molecule has 0 radical (unpaired) electrons. The molecule has 0 aliphatic heterocycles. The lowest BCUT2D eigenvalue weighted by Crippen LogP contribution is -2.04. The summed E-state index contributed by atoms with van der Waals surface area (Å²) < 4.78 is 12.1. The van der Waals surface area contributed by atoms with Crippen LogP contribution in [0.4, 0.5) is 0 Å². The lowest BCUT2D eigenvalue weighted by Gasteiger charge is -2.12. The molecule has 4 aromatic rings. The third-order valence-electron chi connectivity index (χ3n) is 5.92. The van der Waals surface area contributed by atoms with Crippen LogP contribution < -0.4 is 16.2 Å². The van der Waals surface area contributed by atoms with Crippen LogP contribution in [0.25, 0.3) is 27.7 Å².